The van der Waals surface area contributed by atoms with E-state index in [1.807, 2.05) is 0 Å². The second kappa shape index (κ2) is 17.7. The fourth-order valence-corrected chi connectivity index (χ4v) is 19.1. The molecular weight excluding hydrogens is 944 g/mol. The molecule has 0 unspecified atom stereocenters. The molecule has 1 aliphatic heterocycles. The van der Waals surface area contributed by atoms with Crippen LogP contribution in [0.5, 0.6) is 0 Å². The van der Waals surface area contributed by atoms with Crippen molar-refractivity contribution in [3.05, 3.63) is 273 Å². The van der Waals surface area contributed by atoms with Gasteiger partial charge in [0.05, 0.1) is 0 Å². The second-order valence-corrected chi connectivity index (χ2v) is 24.7. The summed E-state index contributed by atoms with van der Waals surface area (Å²) in [5.41, 5.74) is 16.1. The predicted molar refractivity (Wildman–Crippen MR) is 310 cm³/mol. The number of hydrogen-bond donors (Lipinski definition) is 0. The average Bonchev–Trinajstić information content (AvgIpc) is 3.98. The van der Waals surface area contributed by atoms with E-state index in [9.17, 15) is 0 Å². The van der Waals surface area contributed by atoms with E-state index in [2.05, 4.69) is 304 Å². The van der Waals surface area contributed by atoms with Gasteiger partial charge in [-0.2, -0.15) is 0 Å². The van der Waals surface area contributed by atoms with Gasteiger partial charge in [0.2, 0.25) is 0 Å². The van der Waals surface area contributed by atoms with Crippen molar-refractivity contribution < 1.29 is 0 Å². The summed E-state index contributed by atoms with van der Waals surface area (Å²) in [5.74, 6) is 0. The summed E-state index contributed by atoms with van der Waals surface area (Å²) in [6.45, 7) is 0. The van der Waals surface area contributed by atoms with Gasteiger partial charge in [0, 0.05) is 0 Å². The molecule has 0 saturated carbocycles. The van der Waals surface area contributed by atoms with E-state index >= 15 is 0 Å². The monoisotopic (exact) mass is 991 g/mol. The molecule has 0 amide bonds. The first-order chi connectivity index (χ1) is 36.2. The third-order valence-electron chi connectivity index (χ3n) is 14.9. The molecule has 0 fully saturated rings. The van der Waals surface area contributed by atoms with Crippen molar-refractivity contribution in [2.75, 3.05) is 21.7 Å². The summed E-state index contributed by atoms with van der Waals surface area (Å²) in [5, 5.41) is 5.00. The van der Waals surface area contributed by atoms with Gasteiger partial charge in [-0.15, -0.1) is 0 Å². The number of benzene rings is 11. The molecule has 0 saturated heterocycles. The molecule has 13 aromatic rings. The standard InChI is InChI=1S/C61H43N5.C6H5.Ga/c1-62(44-19-5-2-6-20-44)51-41-52(63(45-21-7-3-8-22-45)46-23-9-4-10-24-46)43-53(42-51)64(47-33-37-49(38-34-47)65-58-29-15-11-25-54(58)55-26-12-16-30-59(55)65)48-35-39-50(40-36-48)66-60-31-17-13-27-56(60)57-28-14-18-32-61(57)66;1-2-4-6-5-3-1;/h2-23,25-40,42-43H,1H3;1-5H;. The molecule has 0 spiro atoms. The maximum absolute atomic E-state index is 2.85. The van der Waals surface area contributed by atoms with Crippen LogP contribution in [0.25, 0.3) is 55.0 Å². The Morgan fingerprint density at radius 3 is 1.26 bits per heavy atom. The molecule has 0 radical (unpaired) electrons. The molecule has 14 rings (SSSR count). The van der Waals surface area contributed by atoms with Gasteiger partial charge in [-0.1, -0.05) is 72.8 Å². The van der Waals surface area contributed by atoms with Gasteiger partial charge >= 0.3 is 360 Å². The van der Waals surface area contributed by atoms with E-state index in [1.54, 1.807) is 0 Å². The zero-order chi connectivity index (χ0) is 48.4. The van der Waals surface area contributed by atoms with Crippen molar-refractivity contribution in [3.8, 4) is 11.4 Å². The van der Waals surface area contributed by atoms with E-state index in [1.165, 1.54) is 73.0 Å². The number of para-hydroxylation sites is 7. The van der Waals surface area contributed by atoms with Crippen LogP contribution in [-0.2, 0) is 0 Å². The van der Waals surface area contributed by atoms with Gasteiger partial charge in [-0.25, -0.2) is 0 Å². The van der Waals surface area contributed by atoms with Gasteiger partial charge in [-0.3, -0.25) is 0 Å². The van der Waals surface area contributed by atoms with E-state index in [0.29, 0.717) is 0 Å². The van der Waals surface area contributed by atoms with Crippen molar-refractivity contribution in [2.45, 2.75) is 0 Å². The van der Waals surface area contributed by atoms with Gasteiger partial charge in [0.15, 0.2) is 0 Å². The first-order valence-corrected chi connectivity index (χ1v) is 28.7. The molecule has 0 aliphatic carbocycles. The van der Waals surface area contributed by atoms with Crippen molar-refractivity contribution in [1.82, 2.24) is 9.13 Å². The van der Waals surface area contributed by atoms with Crippen molar-refractivity contribution in [3.63, 3.8) is 0 Å². The molecule has 11 aromatic carbocycles. The third kappa shape index (κ3) is 7.09. The topological polar surface area (TPSA) is 19.6 Å². The number of anilines is 8. The number of fused-ring (bicyclic) bond motifs is 8. The minimum absolute atomic E-state index is 1.06. The summed E-state index contributed by atoms with van der Waals surface area (Å²) in [6.07, 6.45) is 0. The summed E-state index contributed by atoms with van der Waals surface area (Å²) in [7, 11) is 2.25. The van der Waals surface area contributed by atoms with Crippen LogP contribution in [0.1, 0.15) is 0 Å². The summed E-state index contributed by atoms with van der Waals surface area (Å²) < 4.78 is 9.11. The Morgan fingerprint density at radius 1 is 0.329 bits per heavy atom. The first-order valence-electron chi connectivity index (χ1n) is 25.1. The molecule has 73 heavy (non-hydrogen) atoms. The van der Waals surface area contributed by atoms with Gasteiger partial charge in [-0.05, 0) is 0 Å². The second-order valence-electron chi connectivity index (χ2n) is 19.0. The van der Waals surface area contributed by atoms with Crippen LogP contribution in [0.4, 0.5) is 45.5 Å². The van der Waals surface area contributed by atoms with Crippen LogP contribution in [0, 0.1) is 0 Å². The molecular formula is C67H48GaN5. The minimum atomic E-state index is -2.85. The molecule has 2 aromatic heterocycles. The Hall–Kier alpha value is -8.94. The van der Waals surface area contributed by atoms with Crippen LogP contribution in [0.3, 0.4) is 0 Å². The molecule has 0 N–H and O–H groups in total. The number of rotatable bonds is 9. The van der Waals surface area contributed by atoms with Crippen LogP contribution < -0.4 is 27.1 Å². The van der Waals surface area contributed by atoms with Crippen molar-refractivity contribution >= 4 is 118 Å². The number of nitrogens with zero attached hydrogens (tertiary/aromatic N) is 5. The Morgan fingerprint density at radius 2 is 0.753 bits per heavy atom. The third-order valence-corrected chi connectivity index (χ3v) is 21.9. The van der Waals surface area contributed by atoms with E-state index < -0.39 is 16.2 Å². The molecule has 1 aliphatic rings. The van der Waals surface area contributed by atoms with Crippen molar-refractivity contribution in [2.24, 2.45) is 0 Å². The molecule has 3 heterocycles. The fraction of sp³-hybridized carbons (Fsp3) is 0.0149. The molecule has 0 atom stereocenters. The number of hydrogen-bond acceptors (Lipinski definition) is 3. The molecule has 6 heteroatoms. The Kier molecular flexibility index (Phi) is 10.4. The van der Waals surface area contributed by atoms with E-state index in [4.69, 9.17) is 0 Å². The average molecular weight is 993 g/mol. The Balaban J connectivity index is 1.02. The molecule has 0 bridgehead atoms. The predicted octanol–water partition coefficient (Wildman–Crippen LogP) is 15.4. The van der Waals surface area contributed by atoms with E-state index in [-0.39, 0.29) is 0 Å². The van der Waals surface area contributed by atoms with Crippen LogP contribution in [-0.4, -0.2) is 32.4 Å². The Labute approximate surface area is 430 Å². The summed E-state index contributed by atoms with van der Waals surface area (Å²) in [6, 6.07) is 101. The summed E-state index contributed by atoms with van der Waals surface area (Å²) >= 11 is -2.85. The molecule has 5 nitrogen and oxygen atoms in total. The quantitative estimate of drug-likeness (QED) is 0.134. The Bertz CT molecular complexity index is 3900. The zero-order valence-electron chi connectivity index (χ0n) is 40.3. The van der Waals surface area contributed by atoms with Crippen molar-refractivity contribution in [1.29, 1.82) is 0 Å². The number of aromatic nitrogens is 2. The van der Waals surface area contributed by atoms with Gasteiger partial charge in [0.25, 0.3) is 0 Å². The van der Waals surface area contributed by atoms with E-state index in [0.717, 1.165) is 39.8 Å². The summed E-state index contributed by atoms with van der Waals surface area (Å²) in [4.78, 5) is 7.41. The van der Waals surface area contributed by atoms with Gasteiger partial charge < -0.3 is 0 Å². The SMILES string of the molecule is CN(c1ccccc1)c1cc(N(c2ccc(-n3c4ccccc4c4ccccc43)cc2)c2ccc(-n3c4ccccc4c4ccccc43)cc2)cc2[c]1[Ga]([c]1ccccc1)[c]1ccccc1N2c1ccccc1. The van der Waals surface area contributed by atoms with Gasteiger partial charge in [0.1, 0.15) is 0 Å². The van der Waals surface area contributed by atoms with Crippen LogP contribution in [0.15, 0.2) is 273 Å². The van der Waals surface area contributed by atoms with Crippen LogP contribution >= 0.6 is 0 Å². The normalized spacial score (nSPS) is 12.1. The molecule has 344 valence electrons. The first kappa shape index (κ1) is 42.9. The van der Waals surface area contributed by atoms with Crippen LogP contribution in [0.2, 0.25) is 0 Å². The maximum atomic E-state index is 2.52. The zero-order valence-corrected chi connectivity index (χ0v) is 42.7. The fourth-order valence-electron chi connectivity index (χ4n) is 11.7.